The van der Waals surface area contributed by atoms with Crippen LogP contribution in [-0.2, 0) is 9.59 Å². The van der Waals surface area contributed by atoms with Crippen LogP contribution in [0.15, 0.2) is 30.3 Å². The van der Waals surface area contributed by atoms with Crippen molar-refractivity contribution in [3.8, 4) is 5.75 Å². The van der Waals surface area contributed by atoms with Crippen molar-refractivity contribution in [3.05, 3.63) is 30.3 Å². The molecule has 25 heavy (non-hydrogen) atoms. The second-order valence-electron chi connectivity index (χ2n) is 6.62. The van der Waals surface area contributed by atoms with Gasteiger partial charge in [0.2, 0.25) is 11.8 Å². The standard InChI is InChI=1S/C19H29N3O3/c1-15(20)7-11-21-19(24)16-8-12-22(13-9-16)18(23)10-14-25-17-5-3-2-4-6-17/h2-6,15-16H,7-14,20H2,1H3,(H,21,24). The van der Waals surface area contributed by atoms with E-state index in [-0.39, 0.29) is 23.8 Å². The number of carbonyl (C=O) groups is 2. The van der Waals surface area contributed by atoms with Crippen LogP contribution in [-0.4, -0.2) is 49.0 Å². The second kappa shape index (κ2) is 10.0. The molecule has 0 radical (unpaired) electrons. The zero-order valence-corrected chi connectivity index (χ0v) is 14.9. The van der Waals surface area contributed by atoms with Gasteiger partial charge in [-0.25, -0.2) is 0 Å². The van der Waals surface area contributed by atoms with Crippen molar-refractivity contribution in [3.63, 3.8) is 0 Å². The third-order valence-electron chi connectivity index (χ3n) is 4.45. The van der Waals surface area contributed by atoms with Gasteiger partial charge in [0.1, 0.15) is 5.75 Å². The van der Waals surface area contributed by atoms with Crippen LogP contribution in [0, 0.1) is 5.92 Å². The number of nitrogens with two attached hydrogens (primary N) is 1. The number of piperidine rings is 1. The Bertz CT molecular complexity index is 540. The summed E-state index contributed by atoms with van der Waals surface area (Å²) in [6, 6.07) is 9.58. The SMILES string of the molecule is CC(N)CCNC(=O)C1CCN(C(=O)CCOc2ccccc2)CC1. The van der Waals surface area contributed by atoms with Gasteiger partial charge >= 0.3 is 0 Å². The number of amides is 2. The van der Waals surface area contributed by atoms with Crippen molar-refractivity contribution in [1.29, 1.82) is 0 Å². The van der Waals surface area contributed by atoms with Crippen LogP contribution in [0.1, 0.15) is 32.6 Å². The van der Waals surface area contributed by atoms with E-state index >= 15 is 0 Å². The number of nitrogens with one attached hydrogen (secondary N) is 1. The Morgan fingerprint density at radius 3 is 2.60 bits per heavy atom. The first-order valence-electron chi connectivity index (χ1n) is 9.05. The van der Waals surface area contributed by atoms with Gasteiger partial charge in [0.15, 0.2) is 0 Å². The lowest BCUT2D eigenvalue weighted by molar-refractivity contribution is -0.136. The number of likely N-dealkylation sites (tertiary alicyclic amines) is 1. The Labute approximate surface area is 149 Å². The zero-order chi connectivity index (χ0) is 18.1. The van der Waals surface area contributed by atoms with Crippen LogP contribution in [0.2, 0.25) is 0 Å². The van der Waals surface area contributed by atoms with Crippen LogP contribution in [0.3, 0.4) is 0 Å². The summed E-state index contributed by atoms with van der Waals surface area (Å²) in [5.74, 6) is 0.946. The highest BCUT2D eigenvalue weighted by molar-refractivity contribution is 5.80. The van der Waals surface area contributed by atoms with Crippen molar-refractivity contribution in [2.24, 2.45) is 11.7 Å². The van der Waals surface area contributed by atoms with E-state index in [1.165, 1.54) is 0 Å². The van der Waals surface area contributed by atoms with E-state index in [0.29, 0.717) is 32.7 Å². The van der Waals surface area contributed by atoms with Gasteiger partial charge in [0, 0.05) is 31.6 Å². The van der Waals surface area contributed by atoms with E-state index in [9.17, 15) is 9.59 Å². The summed E-state index contributed by atoms with van der Waals surface area (Å²) < 4.78 is 5.57. The van der Waals surface area contributed by atoms with E-state index in [2.05, 4.69) is 5.32 Å². The number of rotatable bonds is 8. The molecule has 1 saturated heterocycles. The smallest absolute Gasteiger partial charge is 0.225 e. The minimum Gasteiger partial charge on any atom is -0.493 e. The second-order valence-corrected chi connectivity index (χ2v) is 6.62. The van der Waals surface area contributed by atoms with Gasteiger partial charge in [-0.15, -0.1) is 0 Å². The number of carbonyl (C=O) groups excluding carboxylic acids is 2. The molecule has 1 atom stereocenters. The molecule has 138 valence electrons. The van der Waals surface area contributed by atoms with Gasteiger partial charge in [-0.05, 0) is 38.3 Å². The average molecular weight is 347 g/mol. The third kappa shape index (κ3) is 6.74. The molecule has 0 spiro atoms. The first-order chi connectivity index (χ1) is 12.1. The number of para-hydroxylation sites is 1. The molecular formula is C19H29N3O3. The fourth-order valence-corrected chi connectivity index (χ4v) is 2.89. The molecule has 1 aromatic rings. The highest BCUT2D eigenvalue weighted by atomic mass is 16.5. The highest BCUT2D eigenvalue weighted by Crippen LogP contribution is 2.18. The average Bonchev–Trinajstić information content (AvgIpc) is 2.62. The van der Waals surface area contributed by atoms with Crippen molar-refractivity contribution < 1.29 is 14.3 Å². The Morgan fingerprint density at radius 1 is 1.28 bits per heavy atom. The molecule has 2 amide bonds. The van der Waals surface area contributed by atoms with Gasteiger partial charge in [0.05, 0.1) is 13.0 Å². The van der Waals surface area contributed by atoms with Crippen LogP contribution in [0.5, 0.6) is 5.75 Å². The number of ether oxygens (including phenoxy) is 1. The number of hydrogen-bond acceptors (Lipinski definition) is 4. The maximum absolute atomic E-state index is 12.2. The van der Waals surface area contributed by atoms with E-state index in [1.54, 1.807) is 0 Å². The molecule has 1 aromatic carbocycles. The summed E-state index contributed by atoms with van der Waals surface area (Å²) >= 11 is 0. The van der Waals surface area contributed by atoms with Crippen molar-refractivity contribution in [1.82, 2.24) is 10.2 Å². The number of benzene rings is 1. The number of nitrogens with zero attached hydrogens (tertiary/aromatic N) is 1. The van der Waals surface area contributed by atoms with Crippen molar-refractivity contribution in [2.75, 3.05) is 26.2 Å². The minimum atomic E-state index is -0.00213. The van der Waals surface area contributed by atoms with E-state index in [4.69, 9.17) is 10.5 Å². The molecular weight excluding hydrogens is 318 g/mol. The zero-order valence-electron chi connectivity index (χ0n) is 14.9. The van der Waals surface area contributed by atoms with E-state index in [1.807, 2.05) is 42.2 Å². The van der Waals surface area contributed by atoms with Crippen molar-refractivity contribution >= 4 is 11.8 Å². The lowest BCUT2D eigenvalue weighted by atomic mass is 9.95. The molecule has 0 saturated carbocycles. The summed E-state index contributed by atoms with van der Waals surface area (Å²) in [7, 11) is 0. The van der Waals surface area contributed by atoms with Gasteiger partial charge < -0.3 is 20.7 Å². The topological polar surface area (TPSA) is 84.7 Å². The summed E-state index contributed by atoms with van der Waals surface area (Å²) in [6.45, 7) is 4.19. The largest absolute Gasteiger partial charge is 0.493 e. The molecule has 1 heterocycles. The van der Waals surface area contributed by atoms with Crippen molar-refractivity contribution in [2.45, 2.75) is 38.6 Å². The molecule has 3 N–H and O–H groups in total. The lowest BCUT2D eigenvalue weighted by Gasteiger charge is -2.31. The maximum Gasteiger partial charge on any atom is 0.225 e. The summed E-state index contributed by atoms with van der Waals surface area (Å²) in [4.78, 5) is 26.2. The Hall–Kier alpha value is -2.08. The van der Waals surface area contributed by atoms with Crippen LogP contribution >= 0.6 is 0 Å². The molecule has 6 heteroatoms. The molecule has 2 rings (SSSR count). The molecule has 0 bridgehead atoms. The number of hydrogen-bond donors (Lipinski definition) is 2. The van der Waals surface area contributed by atoms with Gasteiger partial charge in [-0.2, -0.15) is 0 Å². The van der Waals surface area contributed by atoms with Gasteiger partial charge in [-0.1, -0.05) is 18.2 Å². The summed E-state index contributed by atoms with van der Waals surface area (Å²) in [5.41, 5.74) is 5.68. The Morgan fingerprint density at radius 2 is 1.96 bits per heavy atom. The molecule has 1 unspecified atom stereocenters. The predicted octanol–water partition coefficient (Wildman–Crippen LogP) is 1.55. The van der Waals surface area contributed by atoms with Gasteiger partial charge in [-0.3, -0.25) is 9.59 Å². The van der Waals surface area contributed by atoms with E-state index < -0.39 is 0 Å². The Kier molecular flexibility index (Phi) is 7.73. The molecule has 0 aromatic heterocycles. The summed E-state index contributed by atoms with van der Waals surface area (Å²) in [6.07, 6.45) is 2.58. The lowest BCUT2D eigenvalue weighted by Crippen LogP contribution is -2.43. The molecule has 6 nitrogen and oxygen atoms in total. The van der Waals surface area contributed by atoms with Crippen LogP contribution in [0.25, 0.3) is 0 Å². The fourth-order valence-electron chi connectivity index (χ4n) is 2.89. The highest BCUT2D eigenvalue weighted by Gasteiger charge is 2.26. The molecule has 1 fully saturated rings. The monoisotopic (exact) mass is 347 g/mol. The normalized spacial score (nSPS) is 16.3. The molecule has 1 aliphatic heterocycles. The van der Waals surface area contributed by atoms with Gasteiger partial charge in [0.25, 0.3) is 0 Å². The third-order valence-corrected chi connectivity index (χ3v) is 4.45. The first kappa shape index (κ1) is 19.2. The fraction of sp³-hybridized carbons (Fsp3) is 0.579. The molecule has 0 aliphatic carbocycles. The summed E-state index contributed by atoms with van der Waals surface area (Å²) in [5, 5.41) is 2.94. The van der Waals surface area contributed by atoms with Crippen LogP contribution < -0.4 is 15.8 Å². The quantitative estimate of drug-likeness (QED) is 0.747. The van der Waals surface area contributed by atoms with E-state index in [0.717, 1.165) is 25.0 Å². The predicted molar refractivity (Wildman–Crippen MR) is 97.1 cm³/mol. The Balaban J connectivity index is 1.63. The maximum atomic E-state index is 12.2. The first-order valence-corrected chi connectivity index (χ1v) is 9.05. The molecule has 1 aliphatic rings. The minimum absolute atomic E-state index is 0.00213. The van der Waals surface area contributed by atoms with Crippen LogP contribution in [0.4, 0.5) is 0 Å².